The second-order valence-electron chi connectivity index (χ2n) is 10.6. The van der Waals surface area contributed by atoms with Gasteiger partial charge < -0.3 is 20.1 Å². The summed E-state index contributed by atoms with van der Waals surface area (Å²) in [6.07, 6.45) is 10.6. The summed E-state index contributed by atoms with van der Waals surface area (Å²) in [5.74, 6) is 0.460. The summed E-state index contributed by atoms with van der Waals surface area (Å²) < 4.78 is 52.1. The van der Waals surface area contributed by atoms with Crippen molar-refractivity contribution in [1.82, 2.24) is 4.98 Å². The van der Waals surface area contributed by atoms with E-state index in [-0.39, 0.29) is 12.1 Å². The van der Waals surface area contributed by atoms with Crippen molar-refractivity contribution in [3.8, 4) is 5.88 Å². The first-order valence-corrected chi connectivity index (χ1v) is 16.0. The van der Waals surface area contributed by atoms with Gasteiger partial charge in [-0.2, -0.15) is 0 Å². The van der Waals surface area contributed by atoms with Crippen molar-refractivity contribution in [3.05, 3.63) is 89.9 Å². The van der Waals surface area contributed by atoms with Crippen LogP contribution >= 0.6 is 0 Å². The van der Waals surface area contributed by atoms with Gasteiger partial charge >= 0.3 is 6.36 Å². The lowest BCUT2D eigenvalue weighted by atomic mass is 9.92. The van der Waals surface area contributed by atoms with Gasteiger partial charge in [0.1, 0.15) is 5.69 Å². The van der Waals surface area contributed by atoms with Gasteiger partial charge in [-0.25, -0.2) is 9.98 Å². The molecule has 1 aromatic carbocycles. The number of methoxy groups -OCH3 is 2. The number of ether oxygens (including phenoxy) is 3. The normalized spacial score (nSPS) is 20.4. The molecule has 0 saturated heterocycles. The van der Waals surface area contributed by atoms with E-state index in [1.165, 1.54) is 6.08 Å². The highest BCUT2D eigenvalue weighted by molar-refractivity contribution is 6.25. The lowest BCUT2D eigenvalue weighted by Gasteiger charge is -2.26. The van der Waals surface area contributed by atoms with Gasteiger partial charge in [0.05, 0.1) is 54.4 Å². The van der Waals surface area contributed by atoms with Crippen LogP contribution in [-0.2, 0) is 9.47 Å². The Balaban J connectivity index is 0.00000294. The molecule has 1 saturated carbocycles. The Bertz CT molecular complexity index is 1490. The molecule has 1 aromatic heterocycles. The number of rotatable bonds is 12. The van der Waals surface area contributed by atoms with E-state index in [4.69, 9.17) is 19.5 Å². The molecule has 2 aliphatic rings. The molecule has 0 atom stereocenters. The summed E-state index contributed by atoms with van der Waals surface area (Å²) in [6.45, 7) is 7.36. The third-order valence-electron chi connectivity index (χ3n) is 7.34. The van der Waals surface area contributed by atoms with Gasteiger partial charge in [-0.05, 0) is 87.1 Å². The quantitative estimate of drug-likeness (QED) is 0.175. The zero-order chi connectivity index (χ0) is 34.2. The topological polar surface area (TPSA) is 89.4 Å². The maximum absolute atomic E-state index is 12.4. The maximum Gasteiger partial charge on any atom is 0.522 e. The summed E-state index contributed by atoms with van der Waals surface area (Å²) in [6, 6.07) is 11.4. The predicted molar refractivity (Wildman–Crippen MR) is 185 cm³/mol. The van der Waals surface area contributed by atoms with Crippen LogP contribution in [-0.4, -0.2) is 55.7 Å². The van der Waals surface area contributed by atoms with Gasteiger partial charge in [-0.3, -0.25) is 9.73 Å². The number of hydrogen-bond donors (Lipinski definition) is 2. The molecule has 0 amide bonds. The Morgan fingerprint density at radius 3 is 2.40 bits per heavy atom. The van der Waals surface area contributed by atoms with Crippen molar-refractivity contribution < 1.29 is 27.4 Å². The summed E-state index contributed by atoms with van der Waals surface area (Å²) in [5, 5.41) is 6.77. The SMILES string of the molecule is CC.CC/C=C(\C=C/COC(F)(F)F)Nc1ccccc1N=C1C=C(Nc2cccnc2OC)C(=NC2CCC(OC)CC2)C=C1C. The van der Waals surface area contributed by atoms with Crippen LogP contribution in [0.2, 0.25) is 0 Å². The van der Waals surface area contributed by atoms with Crippen LogP contribution in [0.3, 0.4) is 0 Å². The molecule has 0 aliphatic heterocycles. The molecule has 2 aromatic rings. The number of hydrogen-bond acceptors (Lipinski definition) is 8. The molecule has 0 radical (unpaired) electrons. The Hall–Kier alpha value is -4.22. The van der Waals surface area contributed by atoms with Gasteiger partial charge in [0.15, 0.2) is 0 Å². The predicted octanol–water partition coefficient (Wildman–Crippen LogP) is 9.34. The number of allylic oxidation sites excluding steroid dienone is 5. The average Bonchev–Trinajstić information content (AvgIpc) is 3.07. The molecule has 0 unspecified atom stereocenters. The molecule has 0 spiro atoms. The molecule has 1 fully saturated rings. The van der Waals surface area contributed by atoms with Gasteiger partial charge in [-0.15, -0.1) is 13.2 Å². The van der Waals surface area contributed by atoms with Crippen molar-refractivity contribution >= 4 is 28.5 Å². The number of anilines is 2. The second-order valence-corrected chi connectivity index (χ2v) is 10.6. The number of halogens is 3. The molecular formula is C36H46F3N5O3. The number of pyridine rings is 1. The highest BCUT2D eigenvalue weighted by Gasteiger charge is 2.28. The standard InChI is InChI=1S/C34H40F3N5O3.C2H6/c1-5-10-24(11-9-20-45-34(35,36)37)39-27-12-6-7-13-28(27)41-30-22-32(42-29-14-8-19-38-33(29)44-4)31(21-23(30)2)40-25-15-17-26(43-3)18-16-25;1-2/h6-14,19,21-22,25-26,39,42H,5,15-18,20H2,1-4H3;1-2H3/b11-9-,24-10+,40-31?,41-30?;. The average molecular weight is 654 g/mol. The molecule has 254 valence electrons. The summed E-state index contributed by atoms with van der Waals surface area (Å²) in [7, 11) is 3.34. The molecule has 11 heteroatoms. The third-order valence-corrected chi connectivity index (χ3v) is 7.34. The molecule has 2 aliphatic carbocycles. The van der Waals surface area contributed by atoms with Gasteiger partial charge in [0, 0.05) is 19.0 Å². The lowest BCUT2D eigenvalue weighted by molar-refractivity contribution is -0.319. The van der Waals surface area contributed by atoms with Crippen molar-refractivity contribution in [1.29, 1.82) is 0 Å². The van der Waals surface area contributed by atoms with Crippen LogP contribution in [0.5, 0.6) is 5.88 Å². The number of nitrogens with zero attached hydrogens (tertiary/aromatic N) is 3. The molecule has 1 heterocycles. The summed E-state index contributed by atoms with van der Waals surface area (Å²) in [4.78, 5) is 14.5. The fraction of sp³-hybridized carbons (Fsp3) is 0.417. The van der Waals surface area contributed by atoms with Crippen LogP contribution in [0, 0.1) is 0 Å². The Kier molecular flexibility index (Phi) is 14.9. The first-order valence-electron chi connectivity index (χ1n) is 16.0. The van der Waals surface area contributed by atoms with E-state index in [1.807, 2.05) is 82.3 Å². The first-order chi connectivity index (χ1) is 22.7. The number of nitrogens with one attached hydrogen (secondary N) is 2. The molecular weight excluding hydrogens is 607 g/mol. The Labute approximate surface area is 276 Å². The molecule has 47 heavy (non-hydrogen) atoms. The largest absolute Gasteiger partial charge is 0.522 e. The fourth-order valence-corrected chi connectivity index (χ4v) is 5.07. The van der Waals surface area contributed by atoms with E-state index in [1.54, 1.807) is 26.5 Å². The minimum Gasteiger partial charge on any atom is -0.480 e. The van der Waals surface area contributed by atoms with Crippen LogP contribution in [0.15, 0.2) is 99.9 Å². The summed E-state index contributed by atoms with van der Waals surface area (Å²) >= 11 is 0. The highest BCUT2D eigenvalue weighted by Crippen LogP contribution is 2.31. The van der Waals surface area contributed by atoms with E-state index >= 15 is 0 Å². The van der Waals surface area contributed by atoms with Gasteiger partial charge in [0.2, 0.25) is 5.88 Å². The van der Waals surface area contributed by atoms with Crippen molar-refractivity contribution in [2.75, 3.05) is 31.5 Å². The molecule has 8 nitrogen and oxygen atoms in total. The molecule has 2 N–H and O–H groups in total. The molecule has 4 rings (SSSR count). The van der Waals surface area contributed by atoms with Crippen LogP contribution in [0.4, 0.5) is 30.2 Å². The zero-order valence-corrected chi connectivity index (χ0v) is 28.0. The smallest absolute Gasteiger partial charge is 0.480 e. The Morgan fingerprint density at radius 2 is 1.72 bits per heavy atom. The van der Waals surface area contributed by atoms with E-state index in [9.17, 15) is 13.2 Å². The first kappa shape index (κ1) is 37.2. The number of benzene rings is 1. The van der Waals surface area contributed by atoms with Crippen molar-refractivity contribution in [2.45, 2.75) is 78.3 Å². The number of alkyl halides is 3. The number of aromatic nitrogens is 1. The minimum absolute atomic E-state index is 0.179. The van der Waals surface area contributed by atoms with Gasteiger partial charge in [0.25, 0.3) is 0 Å². The third kappa shape index (κ3) is 11.8. The monoisotopic (exact) mass is 653 g/mol. The van der Waals surface area contributed by atoms with E-state index in [0.29, 0.717) is 35.1 Å². The number of aliphatic imine (C=N–C) groups is 2. The Morgan fingerprint density at radius 1 is 1.00 bits per heavy atom. The fourth-order valence-electron chi connectivity index (χ4n) is 5.07. The van der Waals surface area contributed by atoms with E-state index in [2.05, 4.69) is 20.4 Å². The van der Waals surface area contributed by atoms with Crippen molar-refractivity contribution in [2.24, 2.45) is 9.98 Å². The van der Waals surface area contributed by atoms with Crippen LogP contribution in [0.25, 0.3) is 0 Å². The van der Waals surface area contributed by atoms with E-state index in [0.717, 1.165) is 48.4 Å². The minimum atomic E-state index is -4.68. The maximum atomic E-state index is 12.4. The van der Waals surface area contributed by atoms with Gasteiger partial charge in [-0.1, -0.05) is 45.1 Å². The highest BCUT2D eigenvalue weighted by atomic mass is 19.4. The second kappa shape index (κ2) is 18.8. The zero-order valence-electron chi connectivity index (χ0n) is 28.0. The van der Waals surface area contributed by atoms with Crippen LogP contribution in [0.1, 0.15) is 59.8 Å². The lowest BCUT2D eigenvalue weighted by Crippen LogP contribution is -2.25. The van der Waals surface area contributed by atoms with Crippen molar-refractivity contribution in [3.63, 3.8) is 0 Å². The number of para-hydroxylation sites is 2. The summed E-state index contributed by atoms with van der Waals surface area (Å²) in [5.41, 5.74) is 5.95. The molecule has 0 bridgehead atoms. The van der Waals surface area contributed by atoms with E-state index < -0.39 is 13.0 Å². The van der Waals surface area contributed by atoms with Crippen LogP contribution < -0.4 is 15.4 Å².